The van der Waals surface area contributed by atoms with E-state index in [9.17, 15) is 4.79 Å². The average molecular weight is 390 g/mol. The molecule has 0 saturated heterocycles. The van der Waals surface area contributed by atoms with E-state index in [1.807, 2.05) is 43.3 Å². The van der Waals surface area contributed by atoms with Gasteiger partial charge in [-0.3, -0.25) is 4.79 Å². The number of fused-ring (bicyclic) bond motifs is 2. The number of hydrogen-bond acceptors (Lipinski definition) is 3. The maximum absolute atomic E-state index is 12.4. The van der Waals surface area contributed by atoms with Gasteiger partial charge in [-0.15, -0.1) is 11.8 Å². The number of nitrogens with zero attached hydrogens (tertiary/aromatic N) is 1. The second-order valence-electron chi connectivity index (χ2n) is 6.99. The van der Waals surface area contributed by atoms with Crippen molar-refractivity contribution in [3.63, 3.8) is 0 Å². The van der Waals surface area contributed by atoms with Crippen LogP contribution in [0.25, 0.3) is 21.8 Å². The second-order valence-corrected chi connectivity index (χ2v) is 8.32. The SMILES string of the molecule is CC(NC(=O)CSC(C)c1nc2ccccc2[nH]1)c1ccc2ccccc2c1. The molecule has 0 fully saturated rings. The molecule has 142 valence electrons. The van der Waals surface area contributed by atoms with Gasteiger partial charge < -0.3 is 10.3 Å². The molecule has 4 rings (SSSR count). The quantitative estimate of drug-likeness (QED) is 0.465. The van der Waals surface area contributed by atoms with Crippen LogP contribution in [0, 0.1) is 0 Å². The lowest BCUT2D eigenvalue weighted by Gasteiger charge is -2.16. The zero-order valence-corrected chi connectivity index (χ0v) is 16.8. The predicted octanol–water partition coefficient (Wildman–Crippen LogP) is 5.39. The van der Waals surface area contributed by atoms with E-state index in [2.05, 4.69) is 52.5 Å². The van der Waals surface area contributed by atoms with Crippen LogP contribution in [0.15, 0.2) is 66.7 Å². The topological polar surface area (TPSA) is 57.8 Å². The van der Waals surface area contributed by atoms with Gasteiger partial charge in [-0.1, -0.05) is 48.5 Å². The molecule has 1 heterocycles. The lowest BCUT2D eigenvalue weighted by Crippen LogP contribution is -2.28. The minimum absolute atomic E-state index is 0.0285. The number of benzene rings is 3. The van der Waals surface area contributed by atoms with Crippen LogP contribution in [-0.2, 0) is 4.79 Å². The molecule has 0 saturated carbocycles. The third kappa shape index (κ3) is 4.04. The fourth-order valence-electron chi connectivity index (χ4n) is 3.29. The van der Waals surface area contributed by atoms with Crippen molar-refractivity contribution < 1.29 is 4.79 Å². The molecule has 0 spiro atoms. The van der Waals surface area contributed by atoms with Gasteiger partial charge in [0.25, 0.3) is 0 Å². The van der Waals surface area contributed by atoms with Crippen LogP contribution in [0.3, 0.4) is 0 Å². The number of nitrogens with one attached hydrogen (secondary N) is 2. The first-order valence-corrected chi connectivity index (χ1v) is 10.5. The summed E-state index contributed by atoms with van der Waals surface area (Å²) in [5.74, 6) is 1.34. The van der Waals surface area contributed by atoms with Crippen LogP contribution < -0.4 is 5.32 Å². The Morgan fingerprint density at radius 2 is 1.79 bits per heavy atom. The van der Waals surface area contributed by atoms with Gasteiger partial charge in [0.05, 0.1) is 28.1 Å². The van der Waals surface area contributed by atoms with Crippen LogP contribution in [0.2, 0.25) is 0 Å². The molecule has 5 heteroatoms. The minimum atomic E-state index is -0.0285. The van der Waals surface area contributed by atoms with Gasteiger partial charge in [0, 0.05) is 0 Å². The van der Waals surface area contributed by atoms with E-state index in [0.29, 0.717) is 5.75 Å². The summed E-state index contributed by atoms with van der Waals surface area (Å²) >= 11 is 1.59. The van der Waals surface area contributed by atoms with E-state index in [1.54, 1.807) is 11.8 Å². The lowest BCUT2D eigenvalue weighted by atomic mass is 10.0. The predicted molar refractivity (Wildman–Crippen MR) is 117 cm³/mol. The number of H-pyrrole nitrogens is 1. The van der Waals surface area contributed by atoms with Crippen molar-refractivity contribution in [2.75, 3.05) is 5.75 Å². The Hall–Kier alpha value is -2.79. The summed E-state index contributed by atoms with van der Waals surface area (Å²) in [6, 6.07) is 22.5. The van der Waals surface area contributed by atoms with Gasteiger partial charge in [-0.25, -0.2) is 4.98 Å². The largest absolute Gasteiger partial charge is 0.349 e. The Morgan fingerprint density at radius 3 is 2.61 bits per heavy atom. The Morgan fingerprint density at radius 1 is 1.04 bits per heavy atom. The number of hydrogen-bond donors (Lipinski definition) is 2. The van der Waals surface area contributed by atoms with E-state index in [-0.39, 0.29) is 17.2 Å². The molecule has 0 bridgehead atoms. The maximum Gasteiger partial charge on any atom is 0.230 e. The minimum Gasteiger partial charge on any atom is -0.349 e. The maximum atomic E-state index is 12.4. The molecule has 2 N–H and O–H groups in total. The van der Waals surface area contributed by atoms with Crippen molar-refractivity contribution in [3.8, 4) is 0 Å². The average Bonchev–Trinajstić information content (AvgIpc) is 3.16. The first-order chi connectivity index (χ1) is 13.6. The Bertz CT molecular complexity index is 1090. The number of rotatable bonds is 6. The molecular formula is C23H23N3OS. The van der Waals surface area contributed by atoms with E-state index in [0.717, 1.165) is 22.4 Å². The molecule has 0 radical (unpaired) electrons. The first kappa shape index (κ1) is 18.6. The summed E-state index contributed by atoms with van der Waals surface area (Å²) in [5.41, 5.74) is 3.10. The summed E-state index contributed by atoms with van der Waals surface area (Å²) < 4.78 is 0. The smallest absolute Gasteiger partial charge is 0.230 e. The van der Waals surface area contributed by atoms with E-state index >= 15 is 0 Å². The van der Waals surface area contributed by atoms with Gasteiger partial charge in [0.15, 0.2) is 0 Å². The van der Waals surface area contributed by atoms with E-state index < -0.39 is 0 Å². The standard InChI is InChI=1S/C23H23N3OS/c1-15(18-12-11-17-7-3-4-8-19(17)13-18)24-22(27)14-28-16(2)23-25-20-9-5-6-10-21(20)26-23/h3-13,15-16H,14H2,1-2H3,(H,24,27)(H,25,26). The zero-order chi connectivity index (χ0) is 19.5. The van der Waals surface area contributed by atoms with Gasteiger partial charge >= 0.3 is 0 Å². The number of aromatic nitrogens is 2. The van der Waals surface area contributed by atoms with Crippen LogP contribution in [-0.4, -0.2) is 21.6 Å². The summed E-state index contributed by atoms with van der Waals surface area (Å²) in [5, 5.41) is 5.62. The second kappa shape index (κ2) is 8.07. The third-order valence-electron chi connectivity index (χ3n) is 4.91. The highest BCUT2D eigenvalue weighted by Gasteiger charge is 2.15. The number of carbonyl (C=O) groups excluding carboxylic acids is 1. The van der Waals surface area contributed by atoms with Gasteiger partial charge in [-0.05, 0) is 48.4 Å². The van der Waals surface area contributed by atoms with Crippen molar-refractivity contribution in [2.24, 2.45) is 0 Å². The Balaban J connectivity index is 1.35. The van der Waals surface area contributed by atoms with Crippen molar-refractivity contribution in [3.05, 3.63) is 78.1 Å². The normalized spacial score (nSPS) is 13.5. The number of para-hydroxylation sites is 2. The van der Waals surface area contributed by atoms with Crippen molar-refractivity contribution in [1.82, 2.24) is 15.3 Å². The summed E-state index contributed by atoms with van der Waals surface area (Å²) in [6.07, 6.45) is 0. The van der Waals surface area contributed by atoms with Crippen LogP contribution in [0.5, 0.6) is 0 Å². The number of amides is 1. The molecular weight excluding hydrogens is 366 g/mol. The molecule has 1 aromatic heterocycles. The van der Waals surface area contributed by atoms with Crippen LogP contribution >= 0.6 is 11.8 Å². The molecule has 3 aromatic carbocycles. The number of aromatic amines is 1. The molecule has 0 aliphatic rings. The fraction of sp³-hybridized carbons (Fsp3) is 0.217. The molecule has 0 aliphatic carbocycles. The Labute approximate surface area is 168 Å². The highest BCUT2D eigenvalue weighted by Crippen LogP contribution is 2.28. The molecule has 0 aliphatic heterocycles. The molecule has 4 nitrogen and oxygen atoms in total. The number of carbonyl (C=O) groups is 1. The van der Waals surface area contributed by atoms with Crippen molar-refractivity contribution >= 4 is 39.5 Å². The number of imidazole rings is 1. The molecule has 4 aromatic rings. The molecule has 2 unspecified atom stereocenters. The third-order valence-corrected chi connectivity index (χ3v) is 6.06. The van der Waals surface area contributed by atoms with Gasteiger partial charge in [0.2, 0.25) is 5.91 Å². The van der Waals surface area contributed by atoms with E-state index in [1.165, 1.54) is 10.8 Å². The summed E-state index contributed by atoms with van der Waals surface area (Å²) in [4.78, 5) is 20.4. The van der Waals surface area contributed by atoms with Crippen molar-refractivity contribution in [1.29, 1.82) is 0 Å². The zero-order valence-electron chi connectivity index (χ0n) is 16.0. The highest BCUT2D eigenvalue weighted by atomic mass is 32.2. The summed E-state index contributed by atoms with van der Waals surface area (Å²) in [6.45, 7) is 4.10. The number of thioether (sulfide) groups is 1. The van der Waals surface area contributed by atoms with Gasteiger partial charge in [0.1, 0.15) is 5.82 Å². The van der Waals surface area contributed by atoms with Crippen molar-refractivity contribution in [2.45, 2.75) is 25.1 Å². The highest BCUT2D eigenvalue weighted by molar-refractivity contribution is 8.00. The monoisotopic (exact) mass is 389 g/mol. The Kier molecular flexibility index (Phi) is 5.35. The molecule has 2 atom stereocenters. The van der Waals surface area contributed by atoms with Gasteiger partial charge in [-0.2, -0.15) is 0 Å². The lowest BCUT2D eigenvalue weighted by molar-refractivity contribution is -0.119. The van der Waals surface area contributed by atoms with E-state index in [4.69, 9.17) is 0 Å². The fourth-order valence-corrected chi connectivity index (χ4v) is 4.04. The summed E-state index contributed by atoms with van der Waals surface area (Å²) in [7, 11) is 0. The first-order valence-electron chi connectivity index (χ1n) is 9.44. The van der Waals surface area contributed by atoms with Crippen LogP contribution in [0.1, 0.15) is 36.5 Å². The molecule has 28 heavy (non-hydrogen) atoms. The van der Waals surface area contributed by atoms with Crippen LogP contribution in [0.4, 0.5) is 0 Å². The molecule has 1 amide bonds.